The van der Waals surface area contributed by atoms with Crippen molar-refractivity contribution >= 4 is 16.8 Å². The molecule has 1 heterocycles. The Morgan fingerprint density at radius 1 is 1.32 bits per heavy atom. The number of amides is 1. The number of carbonyl (C=O) groups is 1. The lowest BCUT2D eigenvalue weighted by atomic mass is 10.1. The van der Waals surface area contributed by atoms with Crippen molar-refractivity contribution in [3.8, 4) is 0 Å². The predicted octanol–water partition coefficient (Wildman–Crippen LogP) is 3.03. The van der Waals surface area contributed by atoms with Crippen LogP contribution >= 0.6 is 0 Å². The van der Waals surface area contributed by atoms with E-state index in [2.05, 4.69) is 35.0 Å². The Bertz CT molecular complexity index is 669. The third kappa shape index (κ3) is 2.88. The molecule has 1 aromatic carbocycles. The molecular formula is C18H26N2O2. The van der Waals surface area contributed by atoms with E-state index < -0.39 is 0 Å². The first kappa shape index (κ1) is 16.6. The van der Waals surface area contributed by atoms with Gasteiger partial charge in [-0.3, -0.25) is 4.79 Å². The third-order valence-electron chi connectivity index (χ3n) is 4.37. The first-order valence-electron chi connectivity index (χ1n) is 8.10. The number of carbonyl (C=O) groups excluding carboxylic acids is 1. The van der Waals surface area contributed by atoms with Crippen LogP contribution in [0.2, 0.25) is 0 Å². The zero-order valence-electron chi connectivity index (χ0n) is 13.9. The van der Waals surface area contributed by atoms with Gasteiger partial charge in [0, 0.05) is 17.4 Å². The predicted molar refractivity (Wildman–Crippen MR) is 90.4 cm³/mol. The summed E-state index contributed by atoms with van der Waals surface area (Å²) in [5.41, 5.74) is 4.09. The Labute approximate surface area is 132 Å². The Hall–Kier alpha value is -1.81. The van der Waals surface area contributed by atoms with Crippen LogP contribution in [0.4, 0.5) is 0 Å². The highest BCUT2D eigenvalue weighted by atomic mass is 16.3. The lowest BCUT2D eigenvalue weighted by molar-refractivity contribution is 0.0905. The molecule has 4 nitrogen and oxygen atoms in total. The average Bonchev–Trinajstić information content (AvgIpc) is 2.83. The van der Waals surface area contributed by atoms with Gasteiger partial charge in [0.1, 0.15) is 5.69 Å². The van der Waals surface area contributed by atoms with E-state index in [1.165, 1.54) is 5.56 Å². The fraction of sp³-hybridized carbons (Fsp3) is 0.500. The quantitative estimate of drug-likeness (QED) is 0.862. The van der Waals surface area contributed by atoms with Crippen molar-refractivity contribution < 1.29 is 9.90 Å². The highest BCUT2D eigenvalue weighted by molar-refractivity contribution is 6.01. The molecule has 0 saturated carbocycles. The lowest BCUT2D eigenvalue weighted by Crippen LogP contribution is -2.38. The summed E-state index contributed by atoms with van der Waals surface area (Å²) >= 11 is 0. The highest BCUT2D eigenvalue weighted by Gasteiger charge is 2.21. The number of hydrogen-bond acceptors (Lipinski definition) is 2. The van der Waals surface area contributed by atoms with E-state index in [1.807, 2.05) is 20.8 Å². The molecule has 1 unspecified atom stereocenters. The number of nitrogens with zero attached hydrogens (tertiary/aromatic N) is 1. The highest BCUT2D eigenvalue weighted by Crippen LogP contribution is 2.27. The summed E-state index contributed by atoms with van der Waals surface area (Å²) in [4.78, 5) is 12.7. The van der Waals surface area contributed by atoms with Crippen LogP contribution in [0.1, 0.15) is 48.8 Å². The fourth-order valence-electron chi connectivity index (χ4n) is 2.94. The minimum atomic E-state index is -0.193. The van der Waals surface area contributed by atoms with Gasteiger partial charge in [-0.2, -0.15) is 0 Å². The monoisotopic (exact) mass is 302 g/mol. The number of hydrogen-bond donors (Lipinski definition) is 2. The molecule has 2 rings (SSSR count). The molecular weight excluding hydrogens is 276 g/mol. The van der Waals surface area contributed by atoms with E-state index in [4.69, 9.17) is 0 Å². The number of aryl methyl sites for hydroxylation is 3. The Morgan fingerprint density at radius 2 is 2.05 bits per heavy atom. The molecule has 2 aromatic rings. The number of fused-ring (bicyclic) bond motifs is 1. The van der Waals surface area contributed by atoms with Crippen LogP contribution in [-0.4, -0.2) is 28.2 Å². The van der Waals surface area contributed by atoms with E-state index in [9.17, 15) is 9.90 Å². The molecule has 0 aliphatic rings. The van der Waals surface area contributed by atoms with Crippen molar-refractivity contribution in [3.05, 3.63) is 35.0 Å². The van der Waals surface area contributed by atoms with Crippen molar-refractivity contribution in [1.82, 2.24) is 9.88 Å². The maximum Gasteiger partial charge on any atom is 0.268 e. The molecule has 0 bridgehead atoms. The first-order valence-corrected chi connectivity index (χ1v) is 8.10. The standard InChI is InChI=1S/C18H26N2O2/c1-5-13-8-9-16-15(10-13)12(4)17(20(16)7-3)18(22)19-14(6-2)11-21/h8-10,14,21H,5-7,11H2,1-4H3,(H,19,22). The molecule has 2 N–H and O–H groups in total. The SMILES string of the molecule is CCc1ccc2c(c1)c(C)c(C(=O)NC(CC)CO)n2CC. The van der Waals surface area contributed by atoms with Crippen molar-refractivity contribution in [3.63, 3.8) is 0 Å². The van der Waals surface area contributed by atoms with E-state index in [0.29, 0.717) is 12.1 Å². The van der Waals surface area contributed by atoms with E-state index >= 15 is 0 Å². The largest absolute Gasteiger partial charge is 0.394 e. The molecule has 0 aliphatic carbocycles. The second-order valence-electron chi connectivity index (χ2n) is 5.68. The van der Waals surface area contributed by atoms with Crippen LogP contribution in [0, 0.1) is 6.92 Å². The summed E-state index contributed by atoms with van der Waals surface area (Å²) in [5, 5.41) is 13.4. The molecule has 1 amide bonds. The summed E-state index contributed by atoms with van der Waals surface area (Å²) in [5.74, 6) is -0.102. The molecule has 120 valence electrons. The van der Waals surface area contributed by atoms with Crippen LogP contribution in [0.15, 0.2) is 18.2 Å². The van der Waals surface area contributed by atoms with Crippen molar-refractivity contribution in [2.45, 2.75) is 53.1 Å². The molecule has 1 atom stereocenters. The van der Waals surface area contributed by atoms with Gasteiger partial charge in [0.25, 0.3) is 5.91 Å². The normalized spacial score (nSPS) is 12.6. The number of nitrogens with one attached hydrogen (secondary N) is 1. The minimum absolute atomic E-state index is 0.0341. The Balaban J connectivity index is 2.52. The maximum atomic E-state index is 12.7. The van der Waals surface area contributed by atoms with E-state index in [-0.39, 0.29) is 18.6 Å². The van der Waals surface area contributed by atoms with Crippen molar-refractivity contribution in [1.29, 1.82) is 0 Å². The summed E-state index contributed by atoms with van der Waals surface area (Å²) in [6.45, 7) is 8.85. The number of aliphatic hydroxyl groups is 1. The van der Waals surface area contributed by atoms with E-state index in [0.717, 1.165) is 29.4 Å². The fourth-order valence-corrected chi connectivity index (χ4v) is 2.94. The molecule has 4 heteroatoms. The van der Waals surface area contributed by atoms with Gasteiger partial charge in [0.15, 0.2) is 0 Å². The van der Waals surface area contributed by atoms with Crippen LogP contribution in [0.25, 0.3) is 10.9 Å². The zero-order chi connectivity index (χ0) is 16.3. The van der Waals surface area contributed by atoms with Gasteiger partial charge in [0.2, 0.25) is 0 Å². The second kappa shape index (κ2) is 6.97. The molecule has 0 spiro atoms. The zero-order valence-corrected chi connectivity index (χ0v) is 13.9. The van der Waals surface area contributed by atoms with Crippen LogP contribution in [0.5, 0.6) is 0 Å². The van der Waals surface area contributed by atoms with Gasteiger partial charge in [-0.05, 0) is 49.9 Å². The van der Waals surface area contributed by atoms with Crippen LogP contribution in [-0.2, 0) is 13.0 Å². The molecule has 0 fully saturated rings. The molecule has 0 aliphatic heterocycles. The summed E-state index contributed by atoms with van der Waals surface area (Å²) in [6.07, 6.45) is 1.70. The summed E-state index contributed by atoms with van der Waals surface area (Å²) in [7, 11) is 0. The van der Waals surface area contributed by atoms with Crippen molar-refractivity contribution in [2.24, 2.45) is 0 Å². The van der Waals surface area contributed by atoms with Gasteiger partial charge in [-0.15, -0.1) is 0 Å². The third-order valence-corrected chi connectivity index (χ3v) is 4.37. The average molecular weight is 302 g/mol. The number of aliphatic hydroxyl groups excluding tert-OH is 1. The number of aromatic nitrogens is 1. The number of rotatable bonds is 6. The smallest absolute Gasteiger partial charge is 0.268 e. The molecule has 0 saturated heterocycles. The minimum Gasteiger partial charge on any atom is -0.394 e. The van der Waals surface area contributed by atoms with Gasteiger partial charge in [-0.25, -0.2) is 0 Å². The van der Waals surface area contributed by atoms with Crippen LogP contribution < -0.4 is 5.32 Å². The van der Waals surface area contributed by atoms with Gasteiger partial charge < -0.3 is 15.0 Å². The Morgan fingerprint density at radius 3 is 2.59 bits per heavy atom. The maximum absolute atomic E-state index is 12.7. The van der Waals surface area contributed by atoms with Crippen molar-refractivity contribution in [2.75, 3.05) is 6.61 Å². The van der Waals surface area contributed by atoms with Crippen LogP contribution in [0.3, 0.4) is 0 Å². The molecule has 1 aromatic heterocycles. The number of benzene rings is 1. The Kier molecular flexibility index (Phi) is 5.24. The molecule has 22 heavy (non-hydrogen) atoms. The summed E-state index contributed by atoms with van der Waals surface area (Å²) in [6, 6.07) is 6.21. The van der Waals surface area contributed by atoms with Gasteiger partial charge in [0.05, 0.1) is 12.6 Å². The van der Waals surface area contributed by atoms with Gasteiger partial charge >= 0.3 is 0 Å². The van der Waals surface area contributed by atoms with Gasteiger partial charge in [-0.1, -0.05) is 19.9 Å². The first-order chi connectivity index (χ1) is 10.6. The second-order valence-corrected chi connectivity index (χ2v) is 5.68. The molecule has 0 radical (unpaired) electrons. The summed E-state index contributed by atoms with van der Waals surface area (Å²) < 4.78 is 2.06. The van der Waals surface area contributed by atoms with E-state index in [1.54, 1.807) is 0 Å². The topological polar surface area (TPSA) is 54.3 Å². The lowest BCUT2D eigenvalue weighted by Gasteiger charge is -2.15.